The number of rotatable bonds is 9. The summed E-state index contributed by atoms with van der Waals surface area (Å²) in [5.41, 5.74) is 1.26. The quantitative estimate of drug-likeness (QED) is 0.272. The Morgan fingerprint density at radius 3 is 2.58 bits per heavy atom. The van der Waals surface area contributed by atoms with Crippen molar-refractivity contribution in [1.82, 2.24) is 14.8 Å². The van der Waals surface area contributed by atoms with Crippen molar-refractivity contribution in [2.24, 2.45) is 0 Å². The molecule has 3 aromatic rings. The molecule has 0 saturated carbocycles. The highest BCUT2D eigenvalue weighted by Crippen LogP contribution is 2.25. The fraction of sp³-hybridized carbons (Fsp3) is 0.250. The number of non-ortho nitro benzene ring substituents is 1. The molecule has 0 aliphatic carbocycles. The number of benzene rings is 2. The average molecular weight is 461 g/mol. The smallest absolute Gasteiger partial charge is 0.269 e. The van der Waals surface area contributed by atoms with Crippen LogP contribution in [0.25, 0.3) is 0 Å². The molecule has 11 heteroatoms. The van der Waals surface area contributed by atoms with Crippen molar-refractivity contribution in [3.05, 3.63) is 69.5 Å². The number of nitro benzene ring substituents is 1. The molecule has 0 bridgehead atoms. The van der Waals surface area contributed by atoms with E-state index < -0.39 is 10.2 Å². The molecule has 2 N–H and O–H groups in total. The molecule has 0 fully saturated rings. The van der Waals surface area contributed by atoms with Gasteiger partial charge in [-0.05, 0) is 38.1 Å². The van der Waals surface area contributed by atoms with E-state index in [1.54, 1.807) is 13.0 Å². The lowest BCUT2D eigenvalue weighted by atomic mass is 10.3. The van der Waals surface area contributed by atoms with Crippen LogP contribution in [-0.2, 0) is 17.9 Å². The first kappa shape index (κ1) is 22.6. The number of carbonyl (C=O) groups is 1. The van der Waals surface area contributed by atoms with Crippen LogP contribution in [0.4, 0.5) is 17.1 Å². The van der Waals surface area contributed by atoms with Gasteiger partial charge in [0.15, 0.2) is 11.0 Å². The Balaban J connectivity index is 1.62. The van der Waals surface area contributed by atoms with Gasteiger partial charge in [0.2, 0.25) is 5.91 Å². The van der Waals surface area contributed by atoms with Gasteiger partial charge >= 0.3 is 0 Å². The van der Waals surface area contributed by atoms with E-state index >= 15 is 0 Å². The van der Waals surface area contributed by atoms with Gasteiger partial charge in [-0.15, -0.1) is 10.2 Å². The summed E-state index contributed by atoms with van der Waals surface area (Å²) < 4.78 is 1.93. The zero-order chi connectivity index (χ0) is 22.4. The molecule has 3 rings (SSSR count). The summed E-state index contributed by atoms with van der Waals surface area (Å²) in [5.74, 6) is 0.494. The second kappa shape index (κ2) is 10.3. The third-order valence-corrected chi connectivity index (χ3v) is 5.83. The predicted octanol–water partition coefficient (Wildman–Crippen LogP) is 4.59. The average Bonchev–Trinajstić information content (AvgIpc) is 3.14. The maximum absolute atomic E-state index is 12.5. The summed E-state index contributed by atoms with van der Waals surface area (Å²) in [6.45, 7) is 4.83. The second-order valence-corrected chi connectivity index (χ2v) is 8.24. The molecule has 9 nitrogen and oxygen atoms in total. The number of hydrogen-bond acceptors (Lipinski definition) is 7. The molecule has 31 heavy (non-hydrogen) atoms. The summed E-state index contributed by atoms with van der Waals surface area (Å²) in [6, 6.07) is 13.1. The minimum Gasteiger partial charge on any atom is -0.377 e. The monoisotopic (exact) mass is 460 g/mol. The summed E-state index contributed by atoms with van der Waals surface area (Å²) in [4.78, 5) is 22.8. The number of anilines is 2. The molecule has 0 saturated heterocycles. The van der Waals surface area contributed by atoms with Crippen LogP contribution < -0.4 is 10.6 Å². The fourth-order valence-electron chi connectivity index (χ4n) is 2.76. The highest BCUT2D eigenvalue weighted by atomic mass is 35.5. The van der Waals surface area contributed by atoms with E-state index in [4.69, 9.17) is 11.6 Å². The van der Waals surface area contributed by atoms with Gasteiger partial charge in [0.25, 0.3) is 5.69 Å². The fourth-order valence-corrected chi connectivity index (χ4v) is 3.89. The highest BCUT2D eigenvalue weighted by molar-refractivity contribution is 8.00. The summed E-state index contributed by atoms with van der Waals surface area (Å²) in [5, 5.41) is 26.0. The first-order chi connectivity index (χ1) is 14.9. The van der Waals surface area contributed by atoms with Crippen molar-refractivity contribution in [2.75, 3.05) is 10.6 Å². The number of aromatic nitrogens is 3. The van der Waals surface area contributed by atoms with E-state index in [1.165, 1.54) is 36.0 Å². The maximum atomic E-state index is 12.5. The SMILES string of the molecule is CCn1c(CNc2ccccc2Cl)nnc1S[C@@H](C)C(=O)Nc1ccc([N+](=O)[O-])cc1. The number of halogens is 1. The number of hydrogen-bond donors (Lipinski definition) is 2. The minimum absolute atomic E-state index is 0.0330. The molecule has 0 aliphatic heterocycles. The van der Waals surface area contributed by atoms with Gasteiger partial charge in [0, 0.05) is 24.4 Å². The number of nitro groups is 1. The maximum Gasteiger partial charge on any atom is 0.269 e. The molecule has 0 unspecified atom stereocenters. The topological polar surface area (TPSA) is 115 Å². The van der Waals surface area contributed by atoms with Crippen molar-refractivity contribution in [1.29, 1.82) is 0 Å². The lowest BCUT2D eigenvalue weighted by Crippen LogP contribution is -2.23. The van der Waals surface area contributed by atoms with Crippen LogP contribution in [0.15, 0.2) is 53.7 Å². The van der Waals surface area contributed by atoms with E-state index in [0.29, 0.717) is 29.0 Å². The van der Waals surface area contributed by atoms with E-state index in [2.05, 4.69) is 20.8 Å². The van der Waals surface area contributed by atoms with Crippen LogP contribution in [0, 0.1) is 10.1 Å². The Bertz CT molecular complexity index is 1070. The van der Waals surface area contributed by atoms with Crippen molar-refractivity contribution in [3.63, 3.8) is 0 Å². The minimum atomic E-state index is -0.486. The van der Waals surface area contributed by atoms with Gasteiger partial charge in [-0.25, -0.2) is 0 Å². The normalized spacial score (nSPS) is 11.7. The lowest BCUT2D eigenvalue weighted by Gasteiger charge is -2.13. The van der Waals surface area contributed by atoms with Crippen LogP contribution in [0.3, 0.4) is 0 Å². The van der Waals surface area contributed by atoms with Crippen LogP contribution in [0.1, 0.15) is 19.7 Å². The Labute approximate surface area is 188 Å². The molecule has 0 spiro atoms. The van der Waals surface area contributed by atoms with Gasteiger partial charge in [0.1, 0.15) is 0 Å². The Morgan fingerprint density at radius 1 is 1.23 bits per heavy atom. The molecule has 1 amide bonds. The first-order valence-corrected chi connectivity index (χ1v) is 10.8. The number of amides is 1. The van der Waals surface area contributed by atoms with E-state index in [9.17, 15) is 14.9 Å². The molecule has 0 radical (unpaired) electrons. The van der Waals surface area contributed by atoms with E-state index in [0.717, 1.165) is 11.5 Å². The molecular weight excluding hydrogens is 440 g/mol. The van der Waals surface area contributed by atoms with Crippen LogP contribution in [0.2, 0.25) is 5.02 Å². The van der Waals surface area contributed by atoms with Crippen molar-refractivity contribution >= 4 is 46.3 Å². The molecule has 0 aliphatic rings. The molecule has 162 valence electrons. The Morgan fingerprint density at radius 2 is 1.94 bits per heavy atom. The van der Waals surface area contributed by atoms with Gasteiger partial charge in [-0.1, -0.05) is 35.5 Å². The van der Waals surface area contributed by atoms with Gasteiger partial charge in [-0.2, -0.15) is 0 Å². The first-order valence-electron chi connectivity index (χ1n) is 9.51. The summed E-state index contributed by atoms with van der Waals surface area (Å²) in [7, 11) is 0. The molecule has 1 aromatic heterocycles. The predicted molar refractivity (Wildman–Crippen MR) is 122 cm³/mol. The van der Waals surface area contributed by atoms with Crippen LogP contribution in [-0.4, -0.2) is 30.8 Å². The molecule has 2 aromatic carbocycles. The van der Waals surface area contributed by atoms with Crippen LogP contribution >= 0.6 is 23.4 Å². The van der Waals surface area contributed by atoms with Gasteiger partial charge < -0.3 is 15.2 Å². The molecule has 1 heterocycles. The van der Waals surface area contributed by atoms with E-state index in [-0.39, 0.29) is 11.6 Å². The zero-order valence-corrected chi connectivity index (χ0v) is 18.5. The Kier molecular flexibility index (Phi) is 7.48. The lowest BCUT2D eigenvalue weighted by molar-refractivity contribution is -0.384. The second-order valence-electron chi connectivity index (χ2n) is 6.53. The van der Waals surface area contributed by atoms with Crippen molar-refractivity contribution < 1.29 is 9.72 Å². The standard InChI is InChI=1S/C20H21ClN6O3S/c1-3-26-18(12-22-17-7-5-4-6-16(17)21)24-25-20(26)31-13(2)19(28)23-14-8-10-15(11-9-14)27(29)30/h4-11,13,22H,3,12H2,1-2H3,(H,23,28)/t13-/m0/s1. The summed E-state index contributed by atoms with van der Waals surface area (Å²) >= 11 is 7.47. The number of carbonyl (C=O) groups excluding carboxylic acids is 1. The van der Waals surface area contributed by atoms with Gasteiger partial charge in [-0.3, -0.25) is 14.9 Å². The van der Waals surface area contributed by atoms with E-state index in [1.807, 2.05) is 29.7 Å². The van der Waals surface area contributed by atoms with Crippen LogP contribution in [0.5, 0.6) is 0 Å². The largest absolute Gasteiger partial charge is 0.377 e. The zero-order valence-electron chi connectivity index (χ0n) is 16.9. The molecule has 1 atom stereocenters. The Hall–Kier alpha value is -3.11. The van der Waals surface area contributed by atoms with Crippen molar-refractivity contribution in [2.45, 2.75) is 37.3 Å². The number of nitrogens with zero attached hydrogens (tertiary/aromatic N) is 4. The third-order valence-electron chi connectivity index (χ3n) is 4.42. The number of thioether (sulfide) groups is 1. The van der Waals surface area contributed by atoms with Gasteiger partial charge in [0.05, 0.1) is 27.4 Å². The molecular formula is C20H21ClN6O3S. The highest BCUT2D eigenvalue weighted by Gasteiger charge is 2.20. The van der Waals surface area contributed by atoms with Crippen molar-refractivity contribution in [3.8, 4) is 0 Å². The number of para-hydroxylation sites is 1. The number of nitrogens with one attached hydrogen (secondary N) is 2. The third kappa shape index (κ3) is 5.74. The summed E-state index contributed by atoms with van der Waals surface area (Å²) in [6.07, 6.45) is 0.